The summed E-state index contributed by atoms with van der Waals surface area (Å²) < 4.78 is 1.87. The van der Waals surface area contributed by atoms with Crippen LogP contribution in [0.3, 0.4) is 0 Å². The molecule has 1 aromatic rings. The number of pyridine rings is 1. The molecule has 1 aromatic heterocycles. The van der Waals surface area contributed by atoms with E-state index in [-0.39, 0.29) is 5.56 Å². The van der Waals surface area contributed by atoms with Crippen molar-refractivity contribution in [3.05, 3.63) is 34.2 Å². The predicted octanol–water partition coefficient (Wildman–Crippen LogP) is 2.72. The summed E-state index contributed by atoms with van der Waals surface area (Å²) in [7, 11) is 0. The van der Waals surface area contributed by atoms with Gasteiger partial charge in [0.15, 0.2) is 0 Å². The maximum absolute atomic E-state index is 11.7. The molecular weight excluding hydrogens is 224 g/mol. The largest absolute Gasteiger partial charge is 0.314 e. The van der Waals surface area contributed by atoms with E-state index in [4.69, 9.17) is 0 Å². The van der Waals surface area contributed by atoms with Gasteiger partial charge >= 0.3 is 0 Å². The van der Waals surface area contributed by atoms with Crippen molar-refractivity contribution in [2.75, 3.05) is 6.54 Å². The van der Waals surface area contributed by atoms with Crippen LogP contribution in [0.4, 0.5) is 0 Å². The molecule has 1 unspecified atom stereocenters. The van der Waals surface area contributed by atoms with E-state index in [2.05, 4.69) is 19.2 Å². The van der Waals surface area contributed by atoms with Crippen LogP contribution in [-0.4, -0.2) is 17.2 Å². The molecule has 0 spiro atoms. The number of nitrogens with one attached hydrogen (secondary N) is 1. The second-order valence-corrected chi connectivity index (χ2v) is 4.86. The van der Waals surface area contributed by atoms with Gasteiger partial charge in [-0.25, -0.2) is 0 Å². The Balaban J connectivity index is 2.43. The Morgan fingerprint density at radius 3 is 2.72 bits per heavy atom. The van der Waals surface area contributed by atoms with Crippen LogP contribution in [-0.2, 0) is 6.54 Å². The smallest absolute Gasteiger partial charge is 0.250 e. The minimum Gasteiger partial charge on any atom is -0.314 e. The van der Waals surface area contributed by atoms with Crippen LogP contribution in [0.2, 0.25) is 0 Å². The molecule has 0 radical (unpaired) electrons. The molecule has 0 saturated heterocycles. The molecule has 0 aliphatic carbocycles. The van der Waals surface area contributed by atoms with Gasteiger partial charge in [0.05, 0.1) is 0 Å². The lowest BCUT2D eigenvalue weighted by molar-refractivity contribution is 0.436. The zero-order valence-electron chi connectivity index (χ0n) is 11.9. The van der Waals surface area contributed by atoms with Crippen molar-refractivity contribution in [2.45, 2.75) is 59.0 Å². The van der Waals surface area contributed by atoms with Crippen LogP contribution in [0.5, 0.6) is 0 Å². The molecule has 3 nitrogen and oxygen atoms in total. The second kappa shape index (κ2) is 8.09. The number of aryl methyl sites for hydroxylation is 1. The summed E-state index contributed by atoms with van der Waals surface area (Å²) in [6.45, 7) is 8.31. The van der Waals surface area contributed by atoms with Gasteiger partial charge in [-0.05, 0) is 45.2 Å². The van der Waals surface area contributed by atoms with Gasteiger partial charge in [0.2, 0.25) is 0 Å². The summed E-state index contributed by atoms with van der Waals surface area (Å²) in [6, 6.07) is 6.05. The standard InChI is InChI=1S/C15H26N2O/c1-4-11-16-14(5-2)9-7-12-17-13(3)8-6-10-15(17)18/h6,8,10,14,16H,4-5,7,9,11-12H2,1-3H3. The van der Waals surface area contributed by atoms with Gasteiger partial charge in [-0.3, -0.25) is 4.79 Å². The molecule has 1 N–H and O–H groups in total. The number of aromatic nitrogens is 1. The Morgan fingerprint density at radius 1 is 1.33 bits per heavy atom. The molecule has 0 aromatic carbocycles. The van der Waals surface area contributed by atoms with Gasteiger partial charge in [-0.15, -0.1) is 0 Å². The maximum atomic E-state index is 11.7. The van der Waals surface area contributed by atoms with E-state index >= 15 is 0 Å². The van der Waals surface area contributed by atoms with Crippen molar-refractivity contribution in [3.63, 3.8) is 0 Å². The first-order chi connectivity index (χ1) is 8.69. The van der Waals surface area contributed by atoms with Crippen LogP contribution < -0.4 is 10.9 Å². The summed E-state index contributed by atoms with van der Waals surface area (Å²) in [6.07, 6.45) is 4.52. The van der Waals surface area contributed by atoms with Crippen molar-refractivity contribution in [2.24, 2.45) is 0 Å². The molecule has 0 amide bonds. The highest BCUT2D eigenvalue weighted by atomic mass is 16.1. The Bertz CT molecular complexity index is 398. The van der Waals surface area contributed by atoms with E-state index in [0.717, 1.165) is 38.0 Å². The van der Waals surface area contributed by atoms with Gasteiger partial charge in [-0.2, -0.15) is 0 Å². The molecule has 0 saturated carbocycles. The summed E-state index contributed by atoms with van der Waals surface area (Å²) >= 11 is 0. The third-order valence-corrected chi connectivity index (χ3v) is 3.38. The zero-order valence-corrected chi connectivity index (χ0v) is 11.9. The lowest BCUT2D eigenvalue weighted by Crippen LogP contribution is -2.30. The van der Waals surface area contributed by atoms with Crippen molar-refractivity contribution < 1.29 is 0 Å². The molecule has 0 bridgehead atoms. The molecule has 0 aliphatic heterocycles. The number of hydrogen-bond donors (Lipinski definition) is 1. The van der Waals surface area contributed by atoms with Crippen LogP contribution >= 0.6 is 0 Å². The van der Waals surface area contributed by atoms with Crippen LogP contribution in [0, 0.1) is 6.92 Å². The zero-order chi connectivity index (χ0) is 13.4. The summed E-state index contributed by atoms with van der Waals surface area (Å²) in [5.41, 5.74) is 1.17. The van der Waals surface area contributed by atoms with Crippen LogP contribution in [0.25, 0.3) is 0 Å². The average Bonchev–Trinajstić information content (AvgIpc) is 2.36. The summed E-state index contributed by atoms with van der Waals surface area (Å²) in [5.74, 6) is 0. The molecule has 0 fully saturated rings. The molecule has 0 aliphatic rings. The van der Waals surface area contributed by atoms with Crippen molar-refractivity contribution in [1.29, 1.82) is 0 Å². The normalized spacial score (nSPS) is 12.6. The number of nitrogens with zero attached hydrogens (tertiary/aromatic N) is 1. The van der Waals surface area contributed by atoms with E-state index in [1.54, 1.807) is 6.07 Å². The Hall–Kier alpha value is -1.09. The highest BCUT2D eigenvalue weighted by molar-refractivity contribution is 5.04. The fraction of sp³-hybridized carbons (Fsp3) is 0.667. The number of hydrogen-bond acceptors (Lipinski definition) is 2. The third kappa shape index (κ3) is 4.65. The second-order valence-electron chi connectivity index (χ2n) is 4.86. The van der Waals surface area contributed by atoms with Crippen LogP contribution in [0.15, 0.2) is 23.0 Å². The molecular formula is C15H26N2O. The van der Waals surface area contributed by atoms with Crippen LogP contribution in [0.1, 0.15) is 45.2 Å². The molecule has 102 valence electrons. The van der Waals surface area contributed by atoms with E-state index in [1.807, 2.05) is 23.6 Å². The summed E-state index contributed by atoms with van der Waals surface area (Å²) in [4.78, 5) is 11.7. The van der Waals surface area contributed by atoms with Gasteiger partial charge < -0.3 is 9.88 Å². The molecule has 18 heavy (non-hydrogen) atoms. The fourth-order valence-corrected chi connectivity index (χ4v) is 2.20. The van der Waals surface area contributed by atoms with E-state index in [1.165, 1.54) is 6.42 Å². The quantitative estimate of drug-likeness (QED) is 0.769. The van der Waals surface area contributed by atoms with Gasteiger partial charge in [0.1, 0.15) is 0 Å². The molecule has 1 heterocycles. The van der Waals surface area contributed by atoms with E-state index < -0.39 is 0 Å². The van der Waals surface area contributed by atoms with Gasteiger partial charge in [-0.1, -0.05) is 19.9 Å². The first-order valence-electron chi connectivity index (χ1n) is 7.08. The predicted molar refractivity (Wildman–Crippen MR) is 77.0 cm³/mol. The highest BCUT2D eigenvalue weighted by Crippen LogP contribution is 2.04. The van der Waals surface area contributed by atoms with E-state index in [0.29, 0.717) is 6.04 Å². The third-order valence-electron chi connectivity index (χ3n) is 3.38. The first-order valence-corrected chi connectivity index (χ1v) is 7.08. The SMILES string of the molecule is CCCNC(CC)CCCn1c(C)cccc1=O. The van der Waals surface area contributed by atoms with Crippen molar-refractivity contribution >= 4 is 0 Å². The minimum absolute atomic E-state index is 0.115. The van der Waals surface area contributed by atoms with Gasteiger partial charge in [0.25, 0.3) is 5.56 Å². The highest BCUT2D eigenvalue weighted by Gasteiger charge is 2.05. The maximum Gasteiger partial charge on any atom is 0.250 e. The lowest BCUT2D eigenvalue weighted by Gasteiger charge is -2.17. The average molecular weight is 250 g/mol. The Kier molecular flexibility index (Phi) is 6.73. The molecule has 1 rings (SSSR count). The van der Waals surface area contributed by atoms with Crippen molar-refractivity contribution in [3.8, 4) is 0 Å². The Labute approximate surface area is 110 Å². The summed E-state index contributed by atoms with van der Waals surface area (Å²) in [5, 5.41) is 3.55. The molecule has 1 atom stereocenters. The fourth-order valence-electron chi connectivity index (χ4n) is 2.20. The Morgan fingerprint density at radius 2 is 2.11 bits per heavy atom. The number of rotatable bonds is 8. The molecule has 3 heteroatoms. The minimum atomic E-state index is 0.115. The van der Waals surface area contributed by atoms with Gasteiger partial charge in [0, 0.05) is 24.3 Å². The van der Waals surface area contributed by atoms with Crippen molar-refractivity contribution in [1.82, 2.24) is 9.88 Å². The topological polar surface area (TPSA) is 34.0 Å². The monoisotopic (exact) mass is 250 g/mol. The first kappa shape index (κ1) is 15.0. The van der Waals surface area contributed by atoms with E-state index in [9.17, 15) is 4.79 Å². The lowest BCUT2D eigenvalue weighted by atomic mass is 10.1.